The van der Waals surface area contributed by atoms with Gasteiger partial charge < -0.3 is 23.7 Å². The molecule has 23 heavy (non-hydrogen) atoms. The van der Waals surface area contributed by atoms with Crippen LogP contribution >= 0.6 is 0 Å². The zero-order valence-corrected chi connectivity index (χ0v) is 13.2. The summed E-state index contributed by atoms with van der Waals surface area (Å²) in [5.74, 6) is 1.70. The maximum Gasteiger partial charge on any atom is 0.231 e. The highest BCUT2D eigenvalue weighted by atomic mass is 16.7. The summed E-state index contributed by atoms with van der Waals surface area (Å²) in [6.45, 7) is 6.36. The third-order valence-corrected chi connectivity index (χ3v) is 4.66. The molecule has 4 rings (SSSR count). The molecular formula is C18H22O5. The number of ether oxygens (including phenoxy) is 5. The SMILES string of the molecule is C=C1CO[C@H](c2ccc3c(c2)OCO3)[C@H]1COC1CCCCO1. The molecule has 3 atom stereocenters. The van der Waals surface area contributed by atoms with Crippen molar-refractivity contribution in [3.63, 3.8) is 0 Å². The van der Waals surface area contributed by atoms with Crippen molar-refractivity contribution in [1.82, 2.24) is 0 Å². The van der Waals surface area contributed by atoms with Crippen LogP contribution < -0.4 is 9.47 Å². The van der Waals surface area contributed by atoms with E-state index in [1.807, 2.05) is 18.2 Å². The van der Waals surface area contributed by atoms with Crippen LogP contribution in [0.4, 0.5) is 0 Å². The van der Waals surface area contributed by atoms with Crippen molar-refractivity contribution in [2.45, 2.75) is 31.7 Å². The van der Waals surface area contributed by atoms with Gasteiger partial charge in [-0.3, -0.25) is 0 Å². The summed E-state index contributed by atoms with van der Waals surface area (Å²) in [7, 11) is 0. The third-order valence-electron chi connectivity index (χ3n) is 4.66. The number of hydrogen-bond donors (Lipinski definition) is 0. The fraction of sp³-hybridized carbons (Fsp3) is 0.556. The molecule has 2 fully saturated rings. The number of fused-ring (bicyclic) bond motifs is 1. The van der Waals surface area contributed by atoms with Gasteiger partial charge in [-0.15, -0.1) is 0 Å². The van der Waals surface area contributed by atoms with E-state index in [9.17, 15) is 0 Å². The summed E-state index contributed by atoms with van der Waals surface area (Å²) in [6.07, 6.45) is 3.11. The van der Waals surface area contributed by atoms with Crippen LogP contribution in [0.1, 0.15) is 30.9 Å². The second-order valence-electron chi connectivity index (χ2n) is 6.24. The summed E-state index contributed by atoms with van der Waals surface area (Å²) < 4.78 is 28.4. The highest BCUT2D eigenvalue weighted by Gasteiger charge is 2.34. The minimum absolute atomic E-state index is 0.0550. The molecule has 1 aromatic rings. The van der Waals surface area contributed by atoms with Gasteiger partial charge in [0.05, 0.1) is 19.3 Å². The Morgan fingerprint density at radius 3 is 2.91 bits per heavy atom. The van der Waals surface area contributed by atoms with Crippen LogP contribution in [0, 0.1) is 5.92 Å². The van der Waals surface area contributed by atoms with Crippen LogP contribution in [0.5, 0.6) is 11.5 Å². The monoisotopic (exact) mass is 318 g/mol. The molecule has 5 heteroatoms. The van der Waals surface area contributed by atoms with E-state index in [4.69, 9.17) is 23.7 Å². The largest absolute Gasteiger partial charge is 0.454 e. The molecule has 5 nitrogen and oxygen atoms in total. The van der Waals surface area contributed by atoms with E-state index in [0.29, 0.717) is 13.2 Å². The summed E-state index contributed by atoms with van der Waals surface area (Å²) in [4.78, 5) is 0. The van der Waals surface area contributed by atoms with Gasteiger partial charge >= 0.3 is 0 Å². The molecule has 0 radical (unpaired) electrons. The van der Waals surface area contributed by atoms with Gasteiger partial charge in [0.15, 0.2) is 17.8 Å². The second-order valence-corrected chi connectivity index (χ2v) is 6.24. The van der Waals surface area contributed by atoms with Crippen molar-refractivity contribution in [2.24, 2.45) is 5.92 Å². The lowest BCUT2D eigenvalue weighted by Gasteiger charge is -2.26. The lowest BCUT2D eigenvalue weighted by Crippen LogP contribution is -2.26. The number of benzene rings is 1. The maximum absolute atomic E-state index is 5.96. The Morgan fingerprint density at radius 1 is 1.13 bits per heavy atom. The predicted molar refractivity (Wildman–Crippen MR) is 83.4 cm³/mol. The Kier molecular flexibility index (Phi) is 4.25. The zero-order valence-electron chi connectivity index (χ0n) is 13.2. The molecule has 1 unspecified atom stereocenters. The van der Waals surface area contributed by atoms with Gasteiger partial charge in [-0.2, -0.15) is 0 Å². The standard InChI is InChI=1S/C18H22O5/c1-12-9-21-18(13-5-6-15-16(8-13)23-11-22-15)14(12)10-20-17-4-2-3-7-19-17/h5-6,8,14,17-18H,1-4,7,9-11H2/t14-,17?,18+/m0/s1. The highest BCUT2D eigenvalue weighted by Crippen LogP contribution is 2.42. The molecule has 0 aliphatic carbocycles. The van der Waals surface area contributed by atoms with E-state index >= 15 is 0 Å². The van der Waals surface area contributed by atoms with Crippen molar-refractivity contribution in [3.05, 3.63) is 35.9 Å². The molecule has 0 aromatic heterocycles. The van der Waals surface area contributed by atoms with E-state index in [2.05, 4.69) is 6.58 Å². The van der Waals surface area contributed by atoms with Gasteiger partial charge in [-0.05, 0) is 42.5 Å². The minimum atomic E-state index is -0.0884. The van der Waals surface area contributed by atoms with Gasteiger partial charge in [0.1, 0.15) is 0 Å². The lowest BCUT2D eigenvalue weighted by molar-refractivity contribution is -0.170. The first-order valence-electron chi connectivity index (χ1n) is 8.23. The van der Waals surface area contributed by atoms with Gasteiger partial charge in [0.25, 0.3) is 0 Å². The molecule has 3 heterocycles. The smallest absolute Gasteiger partial charge is 0.231 e. The molecule has 0 bridgehead atoms. The molecular weight excluding hydrogens is 296 g/mol. The number of hydrogen-bond acceptors (Lipinski definition) is 5. The van der Waals surface area contributed by atoms with Crippen LogP contribution in [0.2, 0.25) is 0 Å². The van der Waals surface area contributed by atoms with Crippen molar-refractivity contribution >= 4 is 0 Å². The van der Waals surface area contributed by atoms with Gasteiger partial charge in [0, 0.05) is 12.5 Å². The average molecular weight is 318 g/mol. The molecule has 1 aromatic carbocycles. The minimum Gasteiger partial charge on any atom is -0.454 e. The van der Waals surface area contributed by atoms with Crippen LogP contribution in [-0.4, -0.2) is 32.9 Å². The Labute approximate surface area is 136 Å². The van der Waals surface area contributed by atoms with Gasteiger partial charge in [-0.1, -0.05) is 12.6 Å². The van der Waals surface area contributed by atoms with Crippen LogP contribution in [0.3, 0.4) is 0 Å². The normalized spacial score (nSPS) is 29.9. The van der Waals surface area contributed by atoms with E-state index < -0.39 is 0 Å². The lowest BCUT2D eigenvalue weighted by atomic mass is 9.93. The second kappa shape index (κ2) is 6.51. The molecule has 0 saturated carbocycles. The van der Waals surface area contributed by atoms with E-state index in [1.54, 1.807) is 0 Å². The summed E-state index contributed by atoms with van der Waals surface area (Å²) in [6, 6.07) is 5.96. The van der Waals surface area contributed by atoms with Crippen LogP contribution in [-0.2, 0) is 14.2 Å². The molecule has 2 saturated heterocycles. The van der Waals surface area contributed by atoms with Crippen LogP contribution in [0.25, 0.3) is 0 Å². The van der Waals surface area contributed by atoms with Crippen LogP contribution in [0.15, 0.2) is 30.4 Å². The van der Waals surface area contributed by atoms with E-state index in [1.165, 1.54) is 6.42 Å². The molecule has 124 valence electrons. The molecule has 3 aliphatic rings. The first-order chi connectivity index (χ1) is 11.3. The molecule has 0 spiro atoms. The summed E-state index contributed by atoms with van der Waals surface area (Å²) in [5.41, 5.74) is 2.15. The Hall–Kier alpha value is -1.56. The Morgan fingerprint density at radius 2 is 2.04 bits per heavy atom. The maximum atomic E-state index is 5.96. The molecule has 3 aliphatic heterocycles. The van der Waals surface area contributed by atoms with Crippen molar-refractivity contribution < 1.29 is 23.7 Å². The van der Waals surface area contributed by atoms with Gasteiger partial charge in [0.2, 0.25) is 6.79 Å². The Balaban J connectivity index is 1.45. The average Bonchev–Trinajstić information content (AvgIpc) is 3.19. The summed E-state index contributed by atoms with van der Waals surface area (Å²) >= 11 is 0. The predicted octanol–water partition coefficient (Wildman–Crippen LogP) is 3.20. The first-order valence-corrected chi connectivity index (χ1v) is 8.23. The first kappa shape index (κ1) is 15.0. The topological polar surface area (TPSA) is 46.2 Å². The van der Waals surface area contributed by atoms with Gasteiger partial charge in [-0.25, -0.2) is 0 Å². The van der Waals surface area contributed by atoms with Crippen molar-refractivity contribution in [3.8, 4) is 11.5 Å². The van der Waals surface area contributed by atoms with Crippen molar-refractivity contribution in [2.75, 3.05) is 26.6 Å². The summed E-state index contributed by atoms with van der Waals surface area (Å²) in [5, 5.41) is 0. The highest BCUT2D eigenvalue weighted by molar-refractivity contribution is 5.45. The quantitative estimate of drug-likeness (QED) is 0.798. The van der Waals surface area contributed by atoms with Crippen molar-refractivity contribution in [1.29, 1.82) is 0 Å². The number of rotatable bonds is 4. The fourth-order valence-corrected chi connectivity index (χ4v) is 3.31. The van der Waals surface area contributed by atoms with E-state index in [-0.39, 0.29) is 25.1 Å². The third kappa shape index (κ3) is 3.09. The molecule has 0 amide bonds. The zero-order chi connectivity index (χ0) is 15.6. The van der Waals surface area contributed by atoms with E-state index in [0.717, 1.165) is 42.1 Å². The molecule has 0 N–H and O–H groups in total. The Bertz CT molecular complexity index is 579. The fourth-order valence-electron chi connectivity index (χ4n) is 3.31.